The maximum absolute atomic E-state index is 3.84. The van der Waals surface area contributed by atoms with E-state index in [-0.39, 0.29) is 0 Å². The number of nitrogens with one attached hydrogen (secondary N) is 1. The lowest BCUT2D eigenvalue weighted by Crippen LogP contribution is -2.44. The average Bonchev–Trinajstić information content (AvgIpc) is 3.23. The summed E-state index contributed by atoms with van der Waals surface area (Å²) >= 11 is 0. The third-order valence-corrected chi connectivity index (χ3v) is 5.01. The number of likely N-dealkylation sites (tertiary alicyclic amines) is 1. The lowest BCUT2D eigenvalue weighted by Gasteiger charge is -2.33. The maximum Gasteiger partial charge on any atom is 0.00964 e. The van der Waals surface area contributed by atoms with Crippen LogP contribution in [0.15, 0.2) is 0 Å². The summed E-state index contributed by atoms with van der Waals surface area (Å²) in [6.45, 7) is 4.01. The summed E-state index contributed by atoms with van der Waals surface area (Å²) < 4.78 is 0. The van der Waals surface area contributed by atoms with Crippen molar-refractivity contribution in [2.45, 2.75) is 69.9 Å². The number of hydrogen-bond donors (Lipinski definition) is 1. The van der Waals surface area contributed by atoms with Crippen LogP contribution in [0.4, 0.5) is 0 Å². The van der Waals surface area contributed by atoms with Gasteiger partial charge in [0.05, 0.1) is 0 Å². The van der Waals surface area contributed by atoms with Gasteiger partial charge in [0.1, 0.15) is 0 Å². The Morgan fingerprint density at radius 1 is 0.824 bits per heavy atom. The Morgan fingerprint density at radius 2 is 1.53 bits per heavy atom. The van der Waals surface area contributed by atoms with Crippen molar-refractivity contribution in [3.63, 3.8) is 0 Å². The fraction of sp³-hybridized carbons (Fsp3) is 1.00. The zero-order valence-corrected chi connectivity index (χ0v) is 11.2. The first-order valence-corrected chi connectivity index (χ1v) is 7.89. The van der Waals surface area contributed by atoms with E-state index in [4.69, 9.17) is 0 Å². The van der Waals surface area contributed by atoms with Gasteiger partial charge in [0.15, 0.2) is 0 Å². The van der Waals surface area contributed by atoms with Gasteiger partial charge in [0.25, 0.3) is 0 Å². The summed E-state index contributed by atoms with van der Waals surface area (Å²) in [7, 11) is 0. The lowest BCUT2D eigenvalue weighted by molar-refractivity contribution is 0.184. The second kappa shape index (κ2) is 5.71. The lowest BCUT2D eigenvalue weighted by atomic mass is 9.89. The van der Waals surface area contributed by atoms with Crippen LogP contribution in [0.1, 0.15) is 57.8 Å². The molecule has 0 bridgehead atoms. The molecule has 0 aromatic rings. The van der Waals surface area contributed by atoms with Crippen molar-refractivity contribution in [2.75, 3.05) is 19.6 Å². The minimum atomic E-state index is 0.826. The molecule has 1 saturated heterocycles. The summed E-state index contributed by atoms with van der Waals surface area (Å²) in [5, 5.41) is 3.84. The highest BCUT2D eigenvalue weighted by Gasteiger charge is 2.31. The fourth-order valence-corrected chi connectivity index (χ4v) is 3.63. The van der Waals surface area contributed by atoms with E-state index in [1.165, 1.54) is 77.4 Å². The molecule has 98 valence electrons. The van der Waals surface area contributed by atoms with Gasteiger partial charge in [-0.3, -0.25) is 0 Å². The molecular weight excluding hydrogens is 208 g/mol. The van der Waals surface area contributed by atoms with E-state index in [9.17, 15) is 0 Å². The molecular formula is C15H28N2. The Hall–Kier alpha value is -0.0800. The molecule has 1 aliphatic heterocycles. The first-order valence-electron chi connectivity index (χ1n) is 7.89. The highest BCUT2D eigenvalue weighted by atomic mass is 15.2. The molecule has 0 spiro atoms. The molecule has 1 heterocycles. The first-order chi connectivity index (χ1) is 8.42. The molecule has 0 atom stereocenters. The number of nitrogens with zero attached hydrogens (tertiary/aromatic N) is 1. The van der Waals surface area contributed by atoms with Gasteiger partial charge in [-0.1, -0.05) is 19.3 Å². The highest BCUT2D eigenvalue weighted by Crippen LogP contribution is 2.29. The molecule has 17 heavy (non-hydrogen) atoms. The smallest absolute Gasteiger partial charge is 0.00964 e. The average molecular weight is 236 g/mol. The van der Waals surface area contributed by atoms with Crippen LogP contribution < -0.4 is 5.32 Å². The maximum atomic E-state index is 3.84. The minimum absolute atomic E-state index is 0.826. The van der Waals surface area contributed by atoms with Crippen LogP contribution in [-0.4, -0.2) is 36.6 Å². The van der Waals surface area contributed by atoms with Gasteiger partial charge in [0.2, 0.25) is 0 Å². The van der Waals surface area contributed by atoms with Crippen molar-refractivity contribution < 1.29 is 0 Å². The Morgan fingerprint density at radius 3 is 2.18 bits per heavy atom. The first kappa shape index (κ1) is 12.0. The zero-order chi connectivity index (χ0) is 11.5. The number of piperidine rings is 1. The standard InChI is InChI=1S/C15H28N2/c1-2-4-13(5-3-1)12-16-14-8-10-17(11-9-14)15-6-7-15/h13-16H,1-12H2. The third-order valence-electron chi connectivity index (χ3n) is 5.01. The van der Waals surface area contributed by atoms with E-state index in [2.05, 4.69) is 10.2 Å². The molecule has 3 rings (SSSR count). The Balaban J connectivity index is 1.32. The molecule has 2 saturated carbocycles. The SMILES string of the molecule is C1CCC(CNC2CCN(C3CC3)CC2)CC1. The van der Waals surface area contributed by atoms with Crippen molar-refractivity contribution in [2.24, 2.45) is 5.92 Å². The molecule has 0 unspecified atom stereocenters. The minimum Gasteiger partial charge on any atom is -0.314 e. The Kier molecular flexibility index (Phi) is 4.02. The zero-order valence-electron chi connectivity index (χ0n) is 11.2. The van der Waals surface area contributed by atoms with Crippen LogP contribution in [0.25, 0.3) is 0 Å². The van der Waals surface area contributed by atoms with Crippen LogP contribution in [0.5, 0.6) is 0 Å². The van der Waals surface area contributed by atoms with Crippen LogP contribution in [0.3, 0.4) is 0 Å². The van der Waals surface area contributed by atoms with E-state index in [0.717, 1.165) is 18.0 Å². The third kappa shape index (κ3) is 3.45. The fourth-order valence-electron chi connectivity index (χ4n) is 3.63. The molecule has 2 aliphatic carbocycles. The molecule has 0 aromatic carbocycles. The molecule has 3 fully saturated rings. The Labute approximate surface area is 106 Å². The molecule has 2 nitrogen and oxygen atoms in total. The van der Waals surface area contributed by atoms with Crippen molar-refractivity contribution in [3.05, 3.63) is 0 Å². The van der Waals surface area contributed by atoms with Crippen LogP contribution in [0, 0.1) is 5.92 Å². The van der Waals surface area contributed by atoms with E-state index < -0.39 is 0 Å². The highest BCUT2D eigenvalue weighted by molar-refractivity contribution is 4.89. The summed E-state index contributed by atoms with van der Waals surface area (Å²) in [4.78, 5) is 2.72. The summed E-state index contributed by atoms with van der Waals surface area (Å²) in [6, 6.07) is 1.81. The van der Waals surface area contributed by atoms with E-state index in [1.807, 2.05) is 0 Å². The monoisotopic (exact) mass is 236 g/mol. The quantitative estimate of drug-likeness (QED) is 0.807. The van der Waals surface area contributed by atoms with Crippen LogP contribution >= 0.6 is 0 Å². The summed E-state index contributed by atoms with van der Waals surface area (Å²) in [5.41, 5.74) is 0. The molecule has 2 heteroatoms. The van der Waals surface area contributed by atoms with Gasteiger partial charge in [-0.15, -0.1) is 0 Å². The predicted octanol–water partition coefficient (Wildman–Crippen LogP) is 2.78. The topological polar surface area (TPSA) is 15.3 Å². The second-order valence-corrected chi connectivity index (χ2v) is 6.45. The van der Waals surface area contributed by atoms with Gasteiger partial charge in [-0.25, -0.2) is 0 Å². The van der Waals surface area contributed by atoms with Crippen molar-refractivity contribution >= 4 is 0 Å². The van der Waals surface area contributed by atoms with Gasteiger partial charge in [0, 0.05) is 12.1 Å². The van der Waals surface area contributed by atoms with Gasteiger partial charge in [-0.05, 0) is 64.1 Å². The largest absolute Gasteiger partial charge is 0.314 e. The molecule has 0 aromatic heterocycles. The van der Waals surface area contributed by atoms with Crippen molar-refractivity contribution in [1.82, 2.24) is 10.2 Å². The summed E-state index contributed by atoms with van der Waals surface area (Å²) in [6.07, 6.45) is 13.1. The second-order valence-electron chi connectivity index (χ2n) is 6.45. The summed E-state index contributed by atoms with van der Waals surface area (Å²) in [5.74, 6) is 0.991. The van der Waals surface area contributed by atoms with E-state index in [0.29, 0.717) is 0 Å². The van der Waals surface area contributed by atoms with Crippen molar-refractivity contribution in [3.8, 4) is 0 Å². The van der Waals surface area contributed by atoms with Crippen LogP contribution in [0.2, 0.25) is 0 Å². The van der Waals surface area contributed by atoms with Crippen molar-refractivity contribution in [1.29, 1.82) is 0 Å². The number of rotatable bonds is 4. The van der Waals surface area contributed by atoms with E-state index >= 15 is 0 Å². The van der Waals surface area contributed by atoms with Gasteiger partial charge < -0.3 is 10.2 Å². The van der Waals surface area contributed by atoms with Gasteiger partial charge >= 0.3 is 0 Å². The molecule has 3 aliphatic rings. The normalized spacial score (nSPS) is 29.6. The Bertz CT molecular complexity index is 223. The molecule has 0 amide bonds. The van der Waals surface area contributed by atoms with Crippen LogP contribution in [-0.2, 0) is 0 Å². The molecule has 1 N–H and O–H groups in total. The van der Waals surface area contributed by atoms with E-state index in [1.54, 1.807) is 0 Å². The number of hydrogen-bond acceptors (Lipinski definition) is 2. The molecule has 0 radical (unpaired) electrons. The predicted molar refractivity (Wildman–Crippen MR) is 72.2 cm³/mol. The van der Waals surface area contributed by atoms with Gasteiger partial charge in [-0.2, -0.15) is 0 Å².